The molecule has 4 nitrogen and oxygen atoms in total. The van der Waals surface area contributed by atoms with Gasteiger partial charge >= 0.3 is 12.3 Å². The number of carbonyl (C=O) groups is 1. The molecule has 1 atom stereocenters. The van der Waals surface area contributed by atoms with E-state index in [4.69, 9.17) is 4.74 Å². The topological polar surface area (TPSA) is 58.6 Å². The van der Waals surface area contributed by atoms with Crippen LogP contribution >= 0.6 is 0 Å². The molecule has 2 N–H and O–H groups in total. The largest absolute Gasteiger partial charge is 0.444 e. The van der Waals surface area contributed by atoms with Gasteiger partial charge in [0.05, 0.1) is 18.2 Å². The second-order valence-electron chi connectivity index (χ2n) is 5.88. The Balaban J connectivity index is 2.81. The second-order valence-corrected chi connectivity index (χ2v) is 5.88. The quantitative estimate of drug-likeness (QED) is 0.896. The molecule has 7 heteroatoms. The number of hydrogen-bond donors (Lipinski definition) is 2. The van der Waals surface area contributed by atoms with Crippen LogP contribution in [0.1, 0.15) is 31.9 Å². The molecule has 0 aliphatic rings. The molecule has 22 heavy (non-hydrogen) atoms. The number of amides is 1. The van der Waals surface area contributed by atoms with Gasteiger partial charge in [-0.2, -0.15) is 13.2 Å². The van der Waals surface area contributed by atoms with Gasteiger partial charge in [-0.05, 0) is 38.8 Å². The number of aliphatic hydroxyl groups excluding tert-OH is 1. The third-order valence-corrected chi connectivity index (χ3v) is 2.73. The van der Waals surface area contributed by atoms with Crippen molar-refractivity contribution in [1.29, 1.82) is 0 Å². The summed E-state index contributed by atoms with van der Waals surface area (Å²) >= 11 is 0. The van der Waals surface area contributed by atoms with Crippen LogP contribution in [-0.2, 0) is 17.3 Å². The maximum Gasteiger partial charge on any atom is 0.416 e. The van der Waals surface area contributed by atoms with Gasteiger partial charge in [0.25, 0.3) is 0 Å². The molecular weight excluding hydrogens is 299 g/mol. The Morgan fingerprint density at radius 2 is 1.86 bits per heavy atom. The summed E-state index contributed by atoms with van der Waals surface area (Å²) in [7, 11) is 0. The highest BCUT2D eigenvalue weighted by molar-refractivity contribution is 5.68. The van der Waals surface area contributed by atoms with Crippen LogP contribution in [0.4, 0.5) is 18.0 Å². The number of rotatable bonds is 4. The van der Waals surface area contributed by atoms with Crippen molar-refractivity contribution in [2.24, 2.45) is 0 Å². The molecule has 0 heterocycles. The highest BCUT2D eigenvalue weighted by Gasteiger charge is 2.33. The minimum absolute atomic E-state index is 0.00473. The molecule has 0 bridgehead atoms. The van der Waals surface area contributed by atoms with Crippen molar-refractivity contribution in [1.82, 2.24) is 5.32 Å². The summed E-state index contributed by atoms with van der Waals surface area (Å²) in [6.45, 7) is 4.50. The molecule has 0 fully saturated rings. The van der Waals surface area contributed by atoms with E-state index in [-0.39, 0.29) is 12.0 Å². The average molecular weight is 319 g/mol. The number of hydrogen-bond acceptors (Lipinski definition) is 3. The van der Waals surface area contributed by atoms with Crippen LogP contribution in [0.15, 0.2) is 24.3 Å². The summed E-state index contributed by atoms with van der Waals surface area (Å²) in [5.74, 6) is 0. The van der Waals surface area contributed by atoms with Crippen LogP contribution in [0.2, 0.25) is 0 Å². The minimum Gasteiger partial charge on any atom is -0.444 e. The van der Waals surface area contributed by atoms with Crippen LogP contribution in [0.5, 0.6) is 0 Å². The lowest BCUT2D eigenvalue weighted by Crippen LogP contribution is -2.42. The Bertz CT molecular complexity index is 509. The zero-order chi connectivity index (χ0) is 17.0. The molecule has 1 aromatic carbocycles. The highest BCUT2D eigenvalue weighted by atomic mass is 19.4. The number of benzene rings is 1. The van der Waals surface area contributed by atoms with Crippen molar-refractivity contribution in [3.05, 3.63) is 35.4 Å². The maximum atomic E-state index is 12.9. The first-order chi connectivity index (χ1) is 10.0. The molecule has 0 radical (unpaired) electrons. The Morgan fingerprint density at radius 3 is 2.36 bits per heavy atom. The summed E-state index contributed by atoms with van der Waals surface area (Å²) in [4.78, 5) is 11.6. The van der Waals surface area contributed by atoms with E-state index in [1.54, 1.807) is 20.8 Å². The van der Waals surface area contributed by atoms with E-state index in [0.29, 0.717) is 0 Å². The smallest absolute Gasteiger partial charge is 0.416 e. The number of halogens is 3. The van der Waals surface area contributed by atoms with Gasteiger partial charge in [-0.1, -0.05) is 18.2 Å². The molecule has 0 spiro atoms. The molecule has 124 valence electrons. The van der Waals surface area contributed by atoms with Crippen LogP contribution < -0.4 is 5.32 Å². The molecule has 1 aromatic rings. The molecule has 0 aromatic heterocycles. The van der Waals surface area contributed by atoms with E-state index in [2.05, 4.69) is 5.32 Å². The van der Waals surface area contributed by atoms with Gasteiger partial charge in [0.1, 0.15) is 5.60 Å². The fourth-order valence-corrected chi connectivity index (χ4v) is 1.88. The fraction of sp³-hybridized carbons (Fsp3) is 0.533. The zero-order valence-corrected chi connectivity index (χ0v) is 12.7. The van der Waals surface area contributed by atoms with Gasteiger partial charge in [-0.25, -0.2) is 4.79 Å². The first kappa shape index (κ1) is 18.3. The van der Waals surface area contributed by atoms with Crippen molar-refractivity contribution >= 4 is 6.09 Å². The predicted molar refractivity (Wildman–Crippen MR) is 75.4 cm³/mol. The highest BCUT2D eigenvalue weighted by Crippen LogP contribution is 2.32. The van der Waals surface area contributed by atoms with E-state index in [9.17, 15) is 23.1 Å². The molecule has 1 amide bonds. The Morgan fingerprint density at radius 1 is 1.27 bits per heavy atom. The number of alkyl carbamates (subject to hydrolysis) is 1. The number of aliphatic hydroxyl groups is 1. The first-order valence-corrected chi connectivity index (χ1v) is 6.78. The zero-order valence-electron chi connectivity index (χ0n) is 12.7. The SMILES string of the molecule is CC(C)(C)OC(=O)NC(CO)Cc1ccccc1C(F)(F)F. The molecule has 1 unspecified atom stereocenters. The van der Waals surface area contributed by atoms with Gasteiger partial charge in [-0.3, -0.25) is 0 Å². The number of ether oxygens (including phenoxy) is 1. The van der Waals surface area contributed by atoms with E-state index >= 15 is 0 Å². The number of carbonyl (C=O) groups excluding carboxylic acids is 1. The van der Waals surface area contributed by atoms with Gasteiger partial charge < -0.3 is 15.2 Å². The molecule has 0 aliphatic carbocycles. The second kappa shape index (κ2) is 7.00. The number of alkyl halides is 3. The standard InChI is InChI=1S/C15H20F3NO3/c1-14(2,3)22-13(21)19-11(9-20)8-10-6-4-5-7-12(10)15(16,17)18/h4-7,11,20H,8-9H2,1-3H3,(H,19,21). The van der Waals surface area contributed by atoms with Crippen molar-refractivity contribution in [2.75, 3.05) is 6.61 Å². The molecular formula is C15H20F3NO3. The van der Waals surface area contributed by atoms with Crippen molar-refractivity contribution in [3.63, 3.8) is 0 Å². The molecule has 1 rings (SSSR count). The summed E-state index contributed by atoms with van der Waals surface area (Å²) in [5, 5.41) is 11.6. The van der Waals surface area contributed by atoms with Crippen molar-refractivity contribution < 1.29 is 27.8 Å². The van der Waals surface area contributed by atoms with Crippen molar-refractivity contribution in [3.8, 4) is 0 Å². The minimum atomic E-state index is -4.48. The first-order valence-electron chi connectivity index (χ1n) is 6.78. The van der Waals surface area contributed by atoms with Gasteiger partial charge in [0.15, 0.2) is 0 Å². The van der Waals surface area contributed by atoms with Gasteiger partial charge in [-0.15, -0.1) is 0 Å². The number of nitrogens with one attached hydrogen (secondary N) is 1. The average Bonchev–Trinajstić information content (AvgIpc) is 2.35. The summed E-state index contributed by atoms with van der Waals surface area (Å²) in [5.41, 5.74) is -1.50. The Kier molecular flexibility index (Phi) is 5.82. The van der Waals surface area contributed by atoms with Crippen LogP contribution in [-0.4, -0.2) is 29.4 Å². The van der Waals surface area contributed by atoms with Gasteiger partial charge in [0.2, 0.25) is 0 Å². The van der Waals surface area contributed by atoms with Crippen molar-refractivity contribution in [2.45, 2.75) is 45.0 Å². The van der Waals surface area contributed by atoms with E-state index in [0.717, 1.165) is 6.07 Å². The van der Waals surface area contributed by atoms with Crippen LogP contribution in [0, 0.1) is 0 Å². The lowest BCUT2D eigenvalue weighted by Gasteiger charge is -2.23. The Labute approximate surface area is 127 Å². The van der Waals surface area contributed by atoms with E-state index in [1.807, 2.05) is 0 Å². The monoisotopic (exact) mass is 319 g/mol. The molecule has 0 saturated carbocycles. The molecule has 0 aliphatic heterocycles. The summed E-state index contributed by atoms with van der Waals surface area (Å²) < 4.78 is 43.8. The molecule has 0 saturated heterocycles. The lowest BCUT2D eigenvalue weighted by atomic mass is 10.00. The normalized spacial score (nSPS) is 13.6. The lowest BCUT2D eigenvalue weighted by molar-refractivity contribution is -0.138. The van der Waals surface area contributed by atoms with Crippen LogP contribution in [0.3, 0.4) is 0 Å². The van der Waals surface area contributed by atoms with E-state index < -0.39 is 36.1 Å². The maximum absolute atomic E-state index is 12.9. The van der Waals surface area contributed by atoms with Gasteiger partial charge in [0, 0.05) is 0 Å². The summed E-state index contributed by atoms with van der Waals surface area (Å²) in [6, 6.07) is 4.20. The predicted octanol–water partition coefficient (Wildman–Crippen LogP) is 3.13. The Hall–Kier alpha value is -1.76. The third kappa shape index (κ3) is 5.93. The fourth-order valence-electron chi connectivity index (χ4n) is 1.88. The van der Waals surface area contributed by atoms with Crippen LogP contribution in [0.25, 0.3) is 0 Å². The third-order valence-electron chi connectivity index (χ3n) is 2.73. The summed E-state index contributed by atoms with van der Waals surface area (Å²) in [6.07, 6.45) is -5.41. The van der Waals surface area contributed by atoms with E-state index in [1.165, 1.54) is 18.2 Å².